The summed E-state index contributed by atoms with van der Waals surface area (Å²) in [6, 6.07) is 0. The number of hydrogen-bond donors (Lipinski definition) is 2. The van der Waals surface area contributed by atoms with Crippen LogP contribution in [0.15, 0.2) is 12.7 Å². The summed E-state index contributed by atoms with van der Waals surface area (Å²) in [5, 5.41) is 18.2. The Morgan fingerprint density at radius 3 is 2.13 bits per heavy atom. The Kier molecular flexibility index (Phi) is 5.26. The molecule has 0 bridgehead atoms. The van der Waals surface area contributed by atoms with Crippen molar-refractivity contribution in [1.29, 1.82) is 0 Å². The van der Waals surface area contributed by atoms with Crippen molar-refractivity contribution in [3.8, 4) is 0 Å². The molecular weight excluding hydrogens is 207 g/mol. The molecule has 0 saturated carbocycles. The molecule has 0 rings (SSSR count). The topological polar surface area (TPSA) is 49.7 Å². The van der Waals surface area contributed by atoms with Gasteiger partial charge < -0.3 is 14.5 Å². The van der Waals surface area contributed by atoms with Crippen LogP contribution in [0.5, 0.6) is 0 Å². The zero-order chi connectivity index (χ0) is 12.3. The molecule has 0 spiro atoms. The quantitative estimate of drug-likeness (QED) is 0.561. The van der Waals surface area contributed by atoms with E-state index in [0.29, 0.717) is 6.61 Å². The standard InChI is InChI=1S/C10H23BO3Si/c1-7-9(11(12)13)8-14-15(5,6)10(2,3)4/h7,9,12-13H,1,8H2,2-6H3. The van der Waals surface area contributed by atoms with Gasteiger partial charge in [0.2, 0.25) is 0 Å². The van der Waals surface area contributed by atoms with Gasteiger partial charge in [-0.15, -0.1) is 6.58 Å². The van der Waals surface area contributed by atoms with E-state index < -0.39 is 21.3 Å². The van der Waals surface area contributed by atoms with Crippen LogP contribution in [0.4, 0.5) is 0 Å². The monoisotopic (exact) mass is 230 g/mol. The van der Waals surface area contributed by atoms with E-state index in [9.17, 15) is 0 Å². The Morgan fingerprint density at radius 2 is 1.87 bits per heavy atom. The average Bonchev–Trinajstić information content (AvgIpc) is 2.02. The number of hydrogen-bond acceptors (Lipinski definition) is 3. The predicted molar refractivity (Wildman–Crippen MR) is 67.3 cm³/mol. The molecular formula is C10H23BO3Si. The summed E-state index contributed by atoms with van der Waals surface area (Å²) in [5.41, 5.74) is 0. The molecule has 0 radical (unpaired) electrons. The molecule has 0 aromatic carbocycles. The van der Waals surface area contributed by atoms with Crippen molar-refractivity contribution in [1.82, 2.24) is 0 Å². The predicted octanol–water partition coefficient (Wildman–Crippen LogP) is 2.04. The summed E-state index contributed by atoms with van der Waals surface area (Å²) in [6.07, 6.45) is 1.53. The van der Waals surface area contributed by atoms with Crippen LogP contribution in [0, 0.1) is 0 Å². The Morgan fingerprint density at radius 1 is 1.40 bits per heavy atom. The van der Waals surface area contributed by atoms with Gasteiger partial charge in [-0.05, 0) is 18.1 Å². The summed E-state index contributed by atoms with van der Waals surface area (Å²) in [4.78, 5) is 0. The summed E-state index contributed by atoms with van der Waals surface area (Å²) >= 11 is 0. The van der Waals surface area contributed by atoms with E-state index in [2.05, 4.69) is 40.4 Å². The van der Waals surface area contributed by atoms with Crippen LogP contribution >= 0.6 is 0 Å². The molecule has 2 N–H and O–H groups in total. The maximum absolute atomic E-state index is 9.03. The van der Waals surface area contributed by atoms with E-state index >= 15 is 0 Å². The molecule has 1 unspecified atom stereocenters. The molecule has 0 amide bonds. The van der Waals surface area contributed by atoms with Crippen LogP contribution in [-0.4, -0.2) is 32.1 Å². The van der Waals surface area contributed by atoms with Gasteiger partial charge in [0.05, 0.1) is 0 Å². The zero-order valence-electron chi connectivity index (χ0n) is 10.4. The fraction of sp³-hybridized carbons (Fsp3) is 0.800. The molecule has 0 aliphatic heterocycles. The van der Waals surface area contributed by atoms with Crippen LogP contribution < -0.4 is 0 Å². The first-order chi connectivity index (χ1) is 6.62. The van der Waals surface area contributed by atoms with Gasteiger partial charge in [-0.2, -0.15) is 0 Å². The van der Waals surface area contributed by atoms with Crippen LogP contribution in [0.2, 0.25) is 23.9 Å². The molecule has 1 atom stereocenters. The first kappa shape index (κ1) is 14.9. The van der Waals surface area contributed by atoms with Gasteiger partial charge in [0.1, 0.15) is 0 Å². The van der Waals surface area contributed by atoms with Crippen LogP contribution in [-0.2, 0) is 4.43 Å². The molecule has 0 aliphatic rings. The molecule has 0 saturated heterocycles. The highest BCUT2D eigenvalue weighted by Crippen LogP contribution is 2.37. The van der Waals surface area contributed by atoms with Gasteiger partial charge in [-0.25, -0.2) is 0 Å². The third kappa shape index (κ3) is 4.51. The van der Waals surface area contributed by atoms with Crippen molar-refractivity contribution in [2.45, 2.75) is 44.7 Å². The smallest absolute Gasteiger partial charge is 0.427 e. The minimum Gasteiger partial charge on any atom is -0.427 e. The molecule has 0 fully saturated rings. The Labute approximate surface area is 94.4 Å². The Balaban J connectivity index is 4.31. The molecule has 3 nitrogen and oxygen atoms in total. The summed E-state index contributed by atoms with van der Waals surface area (Å²) in [7, 11) is -3.18. The van der Waals surface area contributed by atoms with E-state index in [4.69, 9.17) is 14.5 Å². The zero-order valence-corrected chi connectivity index (χ0v) is 11.4. The minimum atomic E-state index is -1.80. The summed E-state index contributed by atoms with van der Waals surface area (Å²) in [6.45, 7) is 14.6. The maximum atomic E-state index is 9.03. The van der Waals surface area contributed by atoms with Crippen LogP contribution in [0.25, 0.3) is 0 Å². The lowest BCUT2D eigenvalue weighted by Crippen LogP contribution is -2.42. The first-order valence-electron chi connectivity index (χ1n) is 5.24. The molecule has 0 heterocycles. The van der Waals surface area contributed by atoms with Crippen molar-refractivity contribution >= 4 is 15.4 Å². The second-order valence-electron chi connectivity index (χ2n) is 5.38. The van der Waals surface area contributed by atoms with Crippen LogP contribution in [0.1, 0.15) is 20.8 Å². The lowest BCUT2D eigenvalue weighted by molar-refractivity contribution is 0.274. The molecule has 0 aromatic heterocycles. The van der Waals surface area contributed by atoms with E-state index in [0.717, 1.165) is 0 Å². The van der Waals surface area contributed by atoms with Crippen LogP contribution in [0.3, 0.4) is 0 Å². The van der Waals surface area contributed by atoms with Gasteiger partial charge >= 0.3 is 7.12 Å². The van der Waals surface area contributed by atoms with Gasteiger partial charge in [-0.1, -0.05) is 26.8 Å². The van der Waals surface area contributed by atoms with Gasteiger partial charge in [-0.3, -0.25) is 0 Å². The lowest BCUT2D eigenvalue weighted by Gasteiger charge is -2.37. The average molecular weight is 230 g/mol. The summed E-state index contributed by atoms with van der Waals surface area (Å²) < 4.78 is 5.86. The van der Waals surface area contributed by atoms with E-state index in [-0.39, 0.29) is 5.04 Å². The summed E-state index contributed by atoms with van der Waals surface area (Å²) in [5.74, 6) is -0.404. The second kappa shape index (κ2) is 5.30. The molecule has 0 aromatic rings. The third-order valence-corrected chi connectivity index (χ3v) is 7.63. The van der Waals surface area contributed by atoms with Crippen molar-refractivity contribution in [3.63, 3.8) is 0 Å². The molecule has 0 aliphatic carbocycles. The second-order valence-corrected chi connectivity index (χ2v) is 10.2. The fourth-order valence-corrected chi connectivity index (χ4v) is 1.84. The maximum Gasteiger partial charge on any atom is 0.461 e. The van der Waals surface area contributed by atoms with Gasteiger partial charge in [0.15, 0.2) is 8.32 Å². The van der Waals surface area contributed by atoms with E-state index in [1.54, 1.807) is 0 Å². The first-order valence-corrected chi connectivity index (χ1v) is 8.15. The molecule has 5 heteroatoms. The fourth-order valence-electron chi connectivity index (χ4n) is 0.797. The normalized spacial score (nSPS) is 14.9. The van der Waals surface area contributed by atoms with E-state index in [1.165, 1.54) is 6.08 Å². The largest absolute Gasteiger partial charge is 0.461 e. The van der Waals surface area contributed by atoms with Crippen molar-refractivity contribution < 1.29 is 14.5 Å². The highest BCUT2D eigenvalue weighted by molar-refractivity contribution is 6.74. The van der Waals surface area contributed by atoms with Crippen molar-refractivity contribution in [3.05, 3.63) is 12.7 Å². The molecule has 88 valence electrons. The lowest BCUT2D eigenvalue weighted by atomic mass is 9.74. The number of rotatable bonds is 5. The van der Waals surface area contributed by atoms with Gasteiger partial charge in [0.25, 0.3) is 0 Å². The Bertz CT molecular complexity index is 211. The highest BCUT2D eigenvalue weighted by Gasteiger charge is 2.38. The van der Waals surface area contributed by atoms with Crippen molar-refractivity contribution in [2.24, 2.45) is 0 Å². The SMILES string of the molecule is C=CC(CO[Si](C)(C)C(C)(C)C)B(O)O. The minimum absolute atomic E-state index is 0.138. The molecule has 15 heavy (non-hydrogen) atoms. The highest BCUT2D eigenvalue weighted by atomic mass is 28.4. The third-order valence-electron chi connectivity index (χ3n) is 3.13. The van der Waals surface area contributed by atoms with E-state index in [1.807, 2.05) is 0 Å². The Hall–Kier alpha value is -0.0982. The van der Waals surface area contributed by atoms with Crippen molar-refractivity contribution in [2.75, 3.05) is 6.61 Å². The van der Waals surface area contributed by atoms with Gasteiger partial charge in [0, 0.05) is 12.4 Å².